The van der Waals surface area contributed by atoms with E-state index >= 15 is 0 Å². The first kappa shape index (κ1) is 11.9. The fourth-order valence-corrected chi connectivity index (χ4v) is 1.75. The zero-order chi connectivity index (χ0) is 12.3. The van der Waals surface area contributed by atoms with E-state index < -0.39 is 0 Å². The topological polar surface area (TPSA) is 70.2 Å². The van der Waals surface area contributed by atoms with Crippen LogP contribution in [-0.2, 0) is 0 Å². The molecule has 6 heteroatoms. The molecule has 94 valence electrons. The molecule has 1 saturated carbocycles. The first-order valence-electron chi connectivity index (χ1n) is 5.78. The number of aromatic amines is 1. The molecule has 1 aromatic heterocycles. The first-order chi connectivity index (χ1) is 8.22. The number of likely N-dealkylation sites (N-methyl/N-ethyl adjacent to an activating group) is 1. The molecule has 0 aromatic carbocycles. The van der Waals surface area contributed by atoms with E-state index in [4.69, 9.17) is 4.74 Å². The van der Waals surface area contributed by atoms with Crippen LogP contribution in [0.25, 0.3) is 0 Å². The molecule has 0 spiro atoms. The second-order valence-corrected chi connectivity index (χ2v) is 4.25. The van der Waals surface area contributed by atoms with Crippen LogP contribution in [0.1, 0.15) is 12.8 Å². The lowest BCUT2D eigenvalue weighted by molar-refractivity contribution is 0.336. The van der Waals surface area contributed by atoms with E-state index in [2.05, 4.69) is 27.2 Å². The Morgan fingerprint density at radius 2 is 2.41 bits per heavy atom. The van der Waals surface area contributed by atoms with E-state index in [9.17, 15) is 4.79 Å². The maximum atomic E-state index is 11.4. The quantitative estimate of drug-likeness (QED) is 0.745. The monoisotopic (exact) mass is 238 g/mol. The van der Waals surface area contributed by atoms with E-state index in [1.807, 2.05) is 0 Å². The predicted molar refractivity (Wildman–Crippen MR) is 65.6 cm³/mol. The van der Waals surface area contributed by atoms with E-state index in [0.29, 0.717) is 5.82 Å². The van der Waals surface area contributed by atoms with Crippen LogP contribution >= 0.6 is 0 Å². The maximum Gasteiger partial charge on any atom is 0.295 e. The zero-order valence-corrected chi connectivity index (χ0v) is 10.2. The summed E-state index contributed by atoms with van der Waals surface area (Å²) in [6.45, 7) is 1.68. The van der Waals surface area contributed by atoms with Crippen LogP contribution in [0.3, 0.4) is 0 Å². The van der Waals surface area contributed by atoms with Gasteiger partial charge in [-0.05, 0) is 19.9 Å². The highest BCUT2D eigenvalue weighted by atomic mass is 16.5. The van der Waals surface area contributed by atoms with Crippen LogP contribution in [0, 0.1) is 0 Å². The molecule has 0 atom stereocenters. The molecule has 0 saturated heterocycles. The van der Waals surface area contributed by atoms with Gasteiger partial charge < -0.3 is 19.9 Å². The smallest absolute Gasteiger partial charge is 0.295 e. The van der Waals surface area contributed by atoms with Gasteiger partial charge in [0, 0.05) is 19.1 Å². The summed E-state index contributed by atoms with van der Waals surface area (Å²) in [6.07, 6.45) is 3.96. The highest BCUT2D eigenvalue weighted by Gasteiger charge is 2.25. The molecule has 2 rings (SSSR count). The predicted octanol–water partition coefficient (Wildman–Crippen LogP) is 0.285. The van der Waals surface area contributed by atoms with E-state index in [1.165, 1.54) is 26.3 Å². The Hall–Kier alpha value is -1.56. The minimum atomic E-state index is -0.263. The molecule has 0 aliphatic heterocycles. The van der Waals surface area contributed by atoms with Gasteiger partial charge in [0.1, 0.15) is 0 Å². The summed E-state index contributed by atoms with van der Waals surface area (Å²) in [5, 5.41) is 3.12. The average molecular weight is 238 g/mol. The van der Waals surface area contributed by atoms with Crippen molar-refractivity contribution >= 4 is 5.82 Å². The van der Waals surface area contributed by atoms with Crippen LogP contribution in [0.15, 0.2) is 11.1 Å². The number of nitrogens with one attached hydrogen (secondary N) is 2. The molecule has 17 heavy (non-hydrogen) atoms. The lowest BCUT2D eigenvalue weighted by atomic mass is 10.4. The summed E-state index contributed by atoms with van der Waals surface area (Å²) < 4.78 is 5.01. The van der Waals surface area contributed by atoms with Crippen LogP contribution in [-0.4, -0.2) is 48.2 Å². The van der Waals surface area contributed by atoms with Gasteiger partial charge in [-0.25, -0.2) is 4.98 Å². The molecule has 1 aliphatic carbocycles. The number of hydrogen-bond acceptors (Lipinski definition) is 5. The summed E-state index contributed by atoms with van der Waals surface area (Å²) in [6, 6.07) is 0.742. The standard InChI is InChI=1S/C11H18N4O2/c1-15(8-3-4-8)6-5-12-10-9(17-2)11(16)14-7-13-10/h7-8H,3-6H2,1-2H3,(H2,12,13,14,16). The van der Waals surface area contributed by atoms with E-state index in [0.717, 1.165) is 19.1 Å². The molecule has 1 aromatic rings. The molecule has 1 heterocycles. The number of rotatable bonds is 6. The number of nitrogens with zero attached hydrogens (tertiary/aromatic N) is 2. The summed E-state index contributed by atoms with van der Waals surface area (Å²) in [5.74, 6) is 0.738. The Morgan fingerprint density at radius 3 is 3.06 bits per heavy atom. The number of methoxy groups -OCH3 is 1. The highest BCUT2D eigenvalue weighted by molar-refractivity contribution is 5.47. The number of hydrogen-bond donors (Lipinski definition) is 2. The molecular formula is C11H18N4O2. The van der Waals surface area contributed by atoms with Crippen LogP contribution in [0.4, 0.5) is 5.82 Å². The normalized spacial score (nSPS) is 15.0. The zero-order valence-electron chi connectivity index (χ0n) is 10.2. The molecule has 0 radical (unpaired) electrons. The summed E-state index contributed by atoms with van der Waals surface area (Å²) in [4.78, 5) is 20.3. The van der Waals surface area contributed by atoms with Crippen LogP contribution < -0.4 is 15.6 Å². The van der Waals surface area contributed by atoms with Crippen molar-refractivity contribution < 1.29 is 4.74 Å². The van der Waals surface area contributed by atoms with Crippen LogP contribution in [0.2, 0.25) is 0 Å². The van der Waals surface area contributed by atoms with Gasteiger partial charge in [0.2, 0.25) is 5.75 Å². The van der Waals surface area contributed by atoms with Gasteiger partial charge in [-0.15, -0.1) is 0 Å². The third kappa shape index (κ3) is 2.97. The fraction of sp³-hybridized carbons (Fsp3) is 0.636. The van der Waals surface area contributed by atoms with Gasteiger partial charge in [-0.2, -0.15) is 0 Å². The van der Waals surface area contributed by atoms with Crippen molar-refractivity contribution in [3.05, 3.63) is 16.7 Å². The lowest BCUT2D eigenvalue weighted by Crippen LogP contribution is -2.27. The van der Waals surface area contributed by atoms with Crippen molar-refractivity contribution in [3.63, 3.8) is 0 Å². The summed E-state index contributed by atoms with van der Waals surface area (Å²) in [7, 11) is 3.58. The van der Waals surface area contributed by atoms with Gasteiger partial charge in [0.05, 0.1) is 13.4 Å². The number of H-pyrrole nitrogens is 1. The van der Waals surface area contributed by atoms with Crippen LogP contribution in [0.5, 0.6) is 5.75 Å². The largest absolute Gasteiger partial charge is 0.489 e. The molecule has 0 amide bonds. The van der Waals surface area contributed by atoms with Crippen molar-refractivity contribution in [2.45, 2.75) is 18.9 Å². The Balaban J connectivity index is 1.89. The Morgan fingerprint density at radius 1 is 1.65 bits per heavy atom. The Bertz CT molecular complexity index is 428. The number of ether oxygens (including phenoxy) is 1. The van der Waals surface area contributed by atoms with E-state index in [-0.39, 0.29) is 11.3 Å². The highest BCUT2D eigenvalue weighted by Crippen LogP contribution is 2.24. The van der Waals surface area contributed by atoms with Crippen molar-refractivity contribution in [2.75, 3.05) is 32.6 Å². The first-order valence-corrected chi connectivity index (χ1v) is 5.78. The SMILES string of the molecule is COc1c(NCCN(C)C2CC2)nc[nH]c1=O. The van der Waals surface area contributed by atoms with Gasteiger partial charge in [-0.3, -0.25) is 4.79 Å². The van der Waals surface area contributed by atoms with Gasteiger partial charge in [0.15, 0.2) is 5.82 Å². The minimum absolute atomic E-state index is 0.238. The molecule has 2 N–H and O–H groups in total. The van der Waals surface area contributed by atoms with Crippen molar-refractivity contribution in [1.29, 1.82) is 0 Å². The average Bonchev–Trinajstić information content (AvgIpc) is 3.13. The van der Waals surface area contributed by atoms with Crippen molar-refractivity contribution in [3.8, 4) is 5.75 Å². The number of anilines is 1. The lowest BCUT2D eigenvalue weighted by Gasteiger charge is -2.16. The third-order valence-corrected chi connectivity index (χ3v) is 2.94. The molecule has 6 nitrogen and oxygen atoms in total. The Labute approximate surface area is 100 Å². The molecule has 1 aliphatic rings. The van der Waals surface area contributed by atoms with Gasteiger partial charge in [-0.1, -0.05) is 0 Å². The third-order valence-electron chi connectivity index (χ3n) is 2.94. The second-order valence-electron chi connectivity index (χ2n) is 4.25. The second kappa shape index (κ2) is 5.18. The van der Waals surface area contributed by atoms with Gasteiger partial charge >= 0.3 is 0 Å². The van der Waals surface area contributed by atoms with E-state index in [1.54, 1.807) is 0 Å². The molecular weight excluding hydrogens is 220 g/mol. The molecule has 0 bridgehead atoms. The summed E-state index contributed by atoms with van der Waals surface area (Å²) in [5.41, 5.74) is -0.263. The number of aromatic nitrogens is 2. The van der Waals surface area contributed by atoms with Crippen molar-refractivity contribution in [1.82, 2.24) is 14.9 Å². The molecule has 0 unspecified atom stereocenters. The van der Waals surface area contributed by atoms with Gasteiger partial charge in [0.25, 0.3) is 5.56 Å². The Kier molecular flexibility index (Phi) is 3.63. The minimum Gasteiger partial charge on any atom is -0.489 e. The fourth-order valence-electron chi connectivity index (χ4n) is 1.75. The maximum absolute atomic E-state index is 11.4. The van der Waals surface area contributed by atoms with Crippen molar-refractivity contribution in [2.24, 2.45) is 0 Å². The molecule has 1 fully saturated rings. The summed E-state index contributed by atoms with van der Waals surface area (Å²) >= 11 is 0.